The van der Waals surface area contributed by atoms with Crippen molar-refractivity contribution in [1.29, 1.82) is 5.26 Å². The SMILES string of the molecule is N#Cc1[nH]nnc1-c1cc(Cl)cc(/C=C/c2ccsc2)c1. The fourth-order valence-corrected chi connectivity index (χ4v) is 2.79. The zero-order chi connectivity index (χ0) is 14.7. The van der Waals surface area contributed by atoms with E-state index in [-0.39, 0.29) is 0 Å². The predicted molar refractivity (Wildman–Crippen MR) is 84.8 cm³/mol. The lowest BCUT2D eigenvalue weighted by Crippen LogP contribution is -1.84. The second-order valence-electron chi connectivity index (χ2n) is 4.31. The monoisotopic (exact) mass is 312 g/mol. The molecule has 0 saturated heterocycles. The van der Waals surface area contributed by atoms with E-state index in [2.05, 4.69) is 20.8 Å². The molecule has 2 aromatic heterocycles. The number of benzene rings is 1. The van der Waals surface area contributed by atoms with Crippen molar-refractivity contribution >= 4 is 35.1 Å². The van der Waals surface area contributed by atoms with Crippen LogP contribution >= 0.6 is 22.9 Å². The molecule has 0 amide bonds. The maximum atomic E-state index is 9.03. The zero-order valence-corrected chi connectivity index (χ0v) is 12.3. The van der Waals surface area contributed by atoms with Gasteiger partial charge in [0.1, 0.15) is 11.8 Å². The fraction of sp³-hybridized carbons (Fsp3) is 0. The van der Waals surface area contributed by atoms with Gasteiger partial charge in [0.2, 0.25) is 0 Å². The van der Waals surface area contributed by atoms with Crippen LogP contribution in [-0.4, -0.2) is 15.4 Å². The normalized spacial score (nSPS) is 10.9. The molecule has 0 saturated carbocycles. The molecule has 0 aliphatic rings. The largest absolute Gasteiger partial charge is 0.247 e. The number of halogens is 1. The highest BCUT2D eigenvalue weighted by atomic mass is 35.5. The summed E-state index contributed by atoms with van der Waals surface area (Å²) in [5, 5.41) is 23.9. The van der Waals surface area contributed by atoms with E-state index in [0.29, 0.717) is 16.4 Å². The number of nitrogens with one attached hydrogen (secondary N) is 1. The van der Waals surface area contributed by atoms with Crippen molar-refractivity contribution in [3.05, 3.63) is 56.9 Å². The van der Waals surface area contributed by atoms with Crippen LogP contribution in [0.2, 0.25) is 5.02 Å². The molecule has 1 aromatic carbocycles. The molecule has 0 fully saturated rings. The Morgan fingerprint density at radius 2 is 2.10 bits per heavy atom. The van der Waals surface area contributed by atoms with Gasteiger partial charge in [-0.15, -0.1) is 5.10 Å². The first kappa shape index (κ1) is 13.6. The highest BCUT2D eigenvalue weighted by molar-refractivity contribution is 7.08. The van der Waals surface area contributed by atoms with Crippen LogP contribution in [0.15, 0.2) is 35.0 Å². The number of hydrogen-bond donors (Lipinski definition) is 1. The van der Waals surface area contributed by atoms with Gasteiger partial charge in [0.15, 0.2) is 5.69 Å². The molecule has 0 spiro atoms. The van der Waals surface area contributed by atoms with Gasteiger partial charge in [0.05, 0.1) is 0 Å². The summed E-state index contributed by atoms with van der Waals surface area (Å²) in [5.41, 5.74) is 3.67. The third-order valence-corrected chi connectivity index (χ3v) is 3.79. The van der Waals surface area contributed by atoms with Crippen molar-refractivity contribution in [2.24, 2.45) is 0 Å². The summed E-state index contributed by atoms with van der Waals surface area (Å²) in [6.45, 7) is 0. The van der Waals surface area contributed by atoms with Gasteiger partial charge in [-0.05, 0) is 46.2 Å². The second kappa shape index (κ2) is 5.92. The molecule has 3 aromatic rings. The number of aromatic amines is 1. The third-order valence-electron chi connectivity index (χ3n) is 2.87. The number of nitriles is 1. The van der Waals surface area contributed by atoms with E-state index in [1.54, 1.807) is 17.4 Å². The zero-order valence-electron chi connectivity index (χ0n) is 10.7. The van der Waals surface area contributed by atoms with E-state index < -0.39 is 0 Å². The summed E-state index contributed by atoms with van der Waals surface area (Å²) in [6, 6.07) is 9.62. The fourth-order valence-electron chi connectivity index (χ4n) is 1.92. The van der Waals surface area contributed by atoms with Gasteiger partial charge in [-0.1, -0.05) is 29.0 Å². The van der Waals surface area contributed by atoms with Crippen molar-refractivity contribution in [2.45, 2.75) is 0 Å². The first-order chi connectivity index (χ1) is 10.3. The summed E-state index contributed by atoms with van der Waals surface area (Å²) in [6.07, 6.45) is 3.99. The van der Waals surface area contributed by atoms with Gasteiger partial charge < -0.3 is 0 Å². The van der Waals surface area contributed by atoms with Crippen LogP contribution in [0.3, 0.4) is 0 Å². The van der Waals surface area contributed by atoms with Crippen LogP contribution < -0.4 is 0 Å². The van der Waals surface area contributed by atoms with Crippen molar-refractivity contribution < 1.29 is 0 Å². The Morgan fingerprint density at radius 1 is 1.24 bits per heavy atom. The van der Waals surface area contributed by atoms with E-state index in [4.69, 9.17) is 16.9 Å². The van der Waals surface area contributed by atoms with Crippen molar-refractivity contribution in [3.63, 3.8) is 0 Å². The molecule has 6 heteroatoms. The Bertz CT molecular complexity index is 828. The third kappa shape index (κ3) is 3.02. The average Bonchev–Trinajstić information content (AvgIpc) is 3.15. The van der Waals surface area contributed by atoms with Gasteiger partial charge in [0, 0.05) is 10.6 Å². The van der Waals surface area contributed by atoms with Crippen LogP contribution in [0.1, 0.15) is 16.8 Å². The van der Waals surface area contributed by atoms with Gasteiger partial charge in [0.25, 0.3) is 0 Å². The van der Waals surface area contributed by atoms with Gasteiger partial charge >= 0.3 is 0 Å². The summed E-state index contributed by atoms with van der Waals surface area (Å²) in [7, 11) is 0. The number of H-pyrrole nitrogens is 1. The Kier molecular flexibility index (Phi) is 3.82. The molecule has 0 radical (unpaired) electrons. The Balaban J connectivity index is 1.99. The molecule has 0 unspecified atom stereocenters. The van der Waals surface area contributed by atoms with Gasteiger partial charge in [-0.2, -0.15) is 16.6 Å². The van der Waals surface area contributed by atoms with Gasteiger partial charge in [-0.3, -0.25) is 0 Å². The number of aromatic nitrogens is 3. The lowest BCUT2D eigenvalue weighted by molar-refractivity contribution is 0.937. The number of nitrogens with zero attached hydrogens (tertiary/aromatic N) is 3. The molecule has 21 heavy (non-hydrogen) atoms. The highest BCUT2D eigenvalue weighted by Crippen LogP contribution is 2.26. The minimum Gasteiger partial charge on any atom is -0.247 e. The molecule has 3 rings (SSSR count). The van der Waals surface area contributed by atoms with Crippen molar-refractivity contribution in [2.75, 3.05) is 0 Å². The smallest absolute Gasteiger partial charge is 0.163 e. The van der Waals surface area contributed by atoms with E-state index in [9.17, 15) is 0 Å². The molecule has 0 aliphatic carbocycles. The van der Waals surface area contributed by atoms with E-state index in [1.165, 1.54) is 0 Å². The maximum absolute atomic E-state index is 9.03. The summed E-state index contributed by atoms with van der Waals surface area (Å²) >= 11 is 7.80. The van der Waals surface area contributed by atoms with Crippen LogP contribution in [0.5, 0.6) is 0 Å². The Morgan fingerprint density at radius 3 is 2.86 bits per heavy atom. The van der Waals surface area contributed by atoms with E-state index >= 15 is 0 Å². The number of thiophene rings is 1. The van der Waals surface area contributed by atoms with E-state index in [0.717, 1.165) is 16.7 Å². The second-order valence-corrected chi connectivity index (χ2v) is 5.53. The molecule has 4 nitrogen and oxygen atoms in total. The number of hydrogen-bond acceptors (Lipinski definition) is 4. The Labute approximate surface area is 130 Å². The molecule has 0 bridgehead atoms. The molecule has 1 N–H and O–H groups in total. The van der Waals surface area contributed by atoms with Gasteiger partial charge in [-0.25, -0.2) is 5.10 Å². The molecular weight excluding hydrogens is 304 g/mol. The van der Waals surface area contributed by atoms with Crippen molar-refractivity contribution in [1.82, 2.24) is 15.4 Å². The summed E-state index contributed by atoms with van der Waals surface area (Å²) in [4.78, 5) is 0. The van der Waals surface area contributed by atoms with Crippen LogP contribution in [0.25, 0.3) is 23.4 Å². The van der Waals surface area contributed by atoms with Crippen LogP contribution in [-0.2, 0) is 0 Å². The number of rotatable bonds is 3. The molecule has 2 heterocycles. The lowest BCUT2D eigenvalue weighted by atomic mass is 10.1. The summed E-state index contributed by atoms with van der Waals surface area (Å²) in [5.74, 6) is 0. The minimum absolute atomic E-state index is 0.324. The van der Waals surface area contributed by atoms with Crippen molar-refractivity contribution in [3.8, 4) is 17.3 Å². The molecule has 102 valence electrons. The minimum atomic E-state index is 0.324. The van der Waals surface area contributed by atoms with Crippen LogP contribution in [0.4, 0.5) is 0 Å². The summed E-state index contributed by atoms with van der Waals surface area (Å²) < 4.78 is 0. The quantitative estimate of drug-likeness (QED) is 0.787. The Hall–Kier alpha value is -2.42. The van der Waals surface area contributed by atoms with E-state index in [1.807, 2.05) is 41.8 Å². The maximum Gasteiger partial charge on any atom is 0.163 e. The standard InChI is InChI=1S/C15H9ClN4S/c16-13-6-11(2-1-10-3-4-21-9-10)5-12(7-13)15-14(8-17)18-20-19-15/h1-7,9H,(H,18,19,20)/b2-1+. The molecule has 0 aliphatic heterocycles. The first-order valence-electron chi connectivity index (χ1n) is 6.08. The first-order valence-corrected chi connectivity index (χ1v) is 7.41. The average molecular weight is 313 g/mol. The molecule has 0 atom stereocenters. The molecular formula is C15H9ClN4S. The van der Waals surface area contributed by atoms with Crippen LogP contribution in [0, 0.1) is 11.3 Å². The lowest BCUT2D eigenvalue weighted by Gasteiger charge is -2.01. The predicted octanol–water partition coefficient (Wildman–Crippen LogP) is 4.23. The topological polar surface area (TPSA) is 65.4 Å². The highest BCUT2D eigenvalue weighted by Gasteiger charge is 2.10.